The highest BCUT2D eigenvalue weighted by molar-refractivity contribution is 7.92. The van der Waals surface area contributed by atoms with Gasteiger partial charge in [0.15, 0.2) is 0 Å². The van der Waals surface area contributed by atoms with E-state index in [2.05, 4.69) is 5.32 Å². The highest BCUT2D eigenvalue weighted by Crippen LogP contribution is 2.31. The van der Waals surface area contributed by atoms with E-state index in [-0.39, 0.29) is 22.2 Å². The molecule has 2 aromatic rings. The summed E-state index contributed by atoms with van der Waals surface area (Å²) in [5.74, 6) is 0.708. The summed E-state index contributed by atoms with van der Waals surface area (Å²) in [6.45, 7) is 3.51. The Balaban J connectivity index is 2.40. The third kappa shape index (κ3) is 6.18. The van der Waals surface area contributed by atoms with E-state index < -0.39 is 28.0 Å². The first-order chi connectivity index (χ1) is 14.5. The summed E-state index contributed by atoms with van der Waals surface area (Å²) in [5.41, 5.74) is 0.912. The molecule has 0 unspecified atom stereocenters. The zero-order valence-corrected chi connectivity index (χ0v) is 20.3. The van der Waals surface area contributed by atoms with Gasteiger partial charge in [0.05, 0.1) is 32.2 Å². The van der Waals surface area contributed by atoms with Crippen molar-refractivity contribution in [2.45, 2.75) is 32.4 Å². The number of hydrogen-bond acceptors (Lipinski definition) is 5. The summed E-state index contributed by atoms with van der Waals surface area (Å²) < 4.78 is 36.9. The maximum absolute atomic E-state index is 13.2. The molecule has 0 aliphatic rings. The van der Waals surface area contributed by atoms with E-state index in [9.17, 15) is 13.2 Å². The number of amides is 1. The van der Waals surface area contributed by atoms with Crippen molar-refractivity contribution in [3.63, 3.8) is 0 Å². The van der Waals surface area contributed by atoms with Crippen molar-refractivity contribution in [2.75, 3.05) is 24.8 Å². The van der Waals surface area contributed by atoms with Crippen molar-refractivity contribution in [1.29, 1.82) is 0 Å². The third-order valence-corrected chi connectivity index (χ3v) is 6.31. The van der Waals surface area contributed by atoms with Crippen LogP contribution in [0.4, 0.5) is 5.69 Å². The Bertz CT molecular complexity index is 1030. The Kier molecular flexibility index (Phi) is 8.45. The molecule has 31 heavy (non-hydrogen) atoms. The fraction of sp³-hybridized carbons (Fsp3) is 0.381. The summed E-state index contributed by atoms with van der Waals surface area (Å²) in [4.78, 5) is 13.2. The highest BCUT2D eigenvalue weighted by Gasteiger charge is 2.33. The number of ether oxygens (including phenoxy) is 2. The molecule has 0 aliphatic carbocycles. The van der Waals surface area contributed by atoms with Crippen LogP contribution in [0.5, 0.6) is 11.5 Å². The number of nitrogens with zero attached hydrogens (tertiary/aromatic N) is 1. The number of methoxy groups -OCH3 is 2. The molecule has 0 saturated carbocycles. The second-order valence-electron chi connectivity index (χ2n) is 6.95. The number of benzene rings is 2. The smallest absolute Gasteiger partial charge is 0.244 e. The van der Waals surface area contributed by atoms with Gasteiger partial charge in [0.1, 0.15) is 17.5 Å². The molecular formula is C21H26Cl2N2O5S. The standard InChI is InChI=1S/C21H26Cl2N2O5S/c1-6-19(25(31(5,27)28)16-10-14(22)9-15(23)11-16)21(26)24-13(2)18-12-17(29-3)7-8-20(18)30-4/h7-13,19H,6H2,1-5H3,(H,24,26)/t13-,19-/m1/s1. The van der Waals surface area contributed by atoms with Crippen LogP contribution in [-0.4, -0.2) is 40.8 Å². The van der Waals surface area contributed by atoms with E-state index in [4.69, 9.17) is 32.7 Å². The maximum atomic E-state index is 13.2. The van der Waals surface area contributed by atoms with Crippen LogP contribution in [0.2, 0.25) is 10.0 Å². The average Bonchev–Trinajstić information content (AvgIpc) is 2.69. The largest absolute Gasteiger partial charge is 0.497 e. The van der Waals surface area contributed by atoms with Gasteiger partial charge in [0, 0.05) is 15.6 Å². The number of halogens is 2. The van der Waals surface area contributed by atoms with Crippen molar-refractivity contribution in [3.8, 4) is 11.5 Å². The van der Waals surface area contributed by atoms with Gasteiger partial charge in [-0.3, -0.25) is 9.10 Å². The van der Waals surface area contributed by atoms with E-state index in [1.807, 2.05) is 0 Å². The Labute approximate surface area is 193 Å². The molecule has 0 heterocycles. The summed E-state index contributed by atoms with van der Waals surface area (Å²) in [5, 5.41) is 3.41. The molecule has 170 valence electrons. The zero-order valence-electron chi connectivity index (χ0n) is 18.0. The summed E-state index contributed by atoms with van der Waals surface area (Å²) in [7, 11) is -0.747. The van der Waals surface area contributed by atoms with Crippen molar-refractivity contribution in [2.24, 2.45) is 0 Å². The number of carbonyl (C=O) groups excluding carboxylic acids is 1. The molecule has 0 fully saturated rings. The quantitative estimate of drug-likeness (QED) is 0.563. The highest BCUT2D eigenvalue weighted by atomic mass is 35.5. The van der Waals surface area contributed by atoms with Crippen LogP contribution < -0.4 is 19.1 Å². The molecule has 2 aromatic carbocycles. The molecule has 2 atom stereocenters. The van der Waals surface area contributed by atoms with Crippen LogP contribution in [0.3, 0.4) is 0 Å². The van der Waals surface area contributed by atoms with Gasteiger partial charge in [-0.2, -0.15) is 0 Å². The molecular weight excluding hydrogens is 463 g/mol. The van der Waals surface area contributed by atoms with Crippen molar-refractivity contribution in [1.82, 2.24) is 5.32 Å². The van der Waals surface area contributed by atoms with Gasteiger partial charge in [0.25, 0.3) is 0 Å². The van der Waals surface area contributed by atoms with Crippen LogP contribution in [0.1, 0.15) is 31.9 Å². The van der Waals surface area contributed by atoms with Gasteiger partial charge in [-0.25, -0.2) is 8.42 Å². The Hall–Kier alpha value is -2.16. The average molecular weight is 489 g/mol. The number of rotatable bonds is 9. The van der Waals surface area contributed by atoms with Crippen LogP contribution in [0, 0.1) is 0 Å². The van der Waals surface area contributed by atoms with E-state index in [1.165, 1.54) is 25.3 Å². The van der Waals surface area contributed by atoms with E-state index >= 15 is 0 Å². The van der Waals surface area contributed by atoms with Gasteiger partial charge < -0.3 is 14.8 Å². The lowest BCUT2D eigenvalue weighted by Gasteiger charge is -2.31. The fourth-order valence-electron chi connectivity index (χ4n) is 3.29. The molecule has 0 spiro atoms. The van der Waals surface area contributed by atoms with Crippen LogP contribution in [0.15, 0.2) is 36.4 Å². The second kappa shape index (κ2) is 10.4. The minimum absolute atomic E-state index is 0.216. The number of nitrogens with one attached hydrogen (secondary N) is 1. The van der Waals surface area contributed by atoms with Crippen LogP contribution in [-0.2, 0) is 14.8 Å². The Morgan fingerprint density at radius 1 is 1.10 bits per heavy atom. The fourth-order valence-corrected chi connectivity index (χ4v) is 5.00. The number of carbonyl (C=O) groups is 1. The van der Waals surface area contributed by atoms with Gasteiger partial charge in [0.2, 0.25) is 15.9 Å². The number of sulfonamides is 1. The minimum atomic E-state index is -3.82. The first-order valence-electron chi connectivity index (χ1n) is 9.49. The van der Waals surface area contributed by atoms with Gasteiger partial charge in [-0.05, 0) is 49.7 Å². The first kappa shape index (κ1) is 25.1. The summed E-state index contributed by atoms with van der Waals surface area (Å²) in [6, 6.07) is 8.17. The third-order valence-electron chi connectivity index (χ3n) is 4.69. The molecule has 0 saturated heterocycles. The van der Waals surface area contributed by atoms with Crippen LogP contribution >= 0.6 is 23.2 Å². The lowest BCUT2D eigenvalue weighted by molar-refractivity contribution is -0.122. The molecule has 1 N–H and O–H groups in total. The predicted octanol–water partition coefficient (Wildman–Crippen LogP) is 4.43. The molecule has 0 radical (unpaired) electrons. The molecule has 0 aliphatic heterocycles. The van der Waals surface area contributed by atoms with E-state index in [1.54, 1.807) is 39.2 Å². The van der Waals surface area contributed by atoms with Gasteiger partial charge >= 0.3 is 0 Å². The van der Waals surface area contributed by atoms with Gasteiger partial charge in [-0.1, -0.05) is 30.1 Å². The Morgan fingerprint density at radius 2 is 1.71 bits per heavy atom. The predicted molar refractivity (Wildman–Crippen MR) is 124 cm³/mol. The monoisotopic (exact) mass is 488 g/mol. The van der Waals surface area contributed by atoms with E-state index in [0.29, 0.717) is 17.1 Å². The lowest BCUT2D eigenvalue weighted by Crippen LogP contribution is -2.49. The lowest BCUT2D eigenvalue weighted by atomic mass is 10.1. The SMILES string of the molecule is CC[C@H](C(=O)N[C@H](C)c1cc(OC)ccc1OC)N(c1cc(Cl)cc(Cl)c1)S(C)(=O)=O. The molecule has 10 heteroatoms. The van der Waals surface area contributed by atoms with Crippen molar-refractivity contribution < 1.29 is 22.7 Å². The zero-order chi connectivity index (χ0) is 23.3. The first-order valence-corrected chi connectivity index (χ1v) is 12.1. The molecule has 0 aromatic heterocycles. The number of hydrogen-bond donors (Lipinski definition) is 1. The van der Waals surface area contributed by atoms with E-state index in [0.717, 1.165) is 10.6 Å². The molecule has 1 amide bonds. The maximum Gasteiger partial charge on any atom is 0.244 e. The molecule has 0 bridgehead atoms. The van der Waals surface area contributed by atoms with Crippen molar-refractivity contribution >= 4 is 44.8 Å². The van der Waals surface area contributed by atoms with Crippen molar-refractivity contribution in [3.05, 3.63) is 52.0 Å². The number of anilines is 1. The summed E-state index contributed by atoms with van der Waals surface area (Å²) in [6.07, 6.45) is 1.26. The van der Waals surface area contributed by atoms with Gasteiger partial charge in [-0.15, -0.1) is 0 Å². The second-order valence-corrected chi connectivity index (χ2v) is 9.68. The minimum Gasteiger partial charge on any atom is -0.497 e. The van der Waals surface area contributed by atoms with Crippen LogP contribution in [0.25, 0.3) is 0 Å². The molecule has 7 nitrogen and oxygen atoms in total. The topological polar surface area (TPSA) is 84.9 Å². The normalized spacial score (nSPS) is 13.3. The molecule has 2 rings (SSSR count). The Morgan fingerprint density at radius 3 is 2.19 bits per heavy atom. The summed E-state index contributed by atoms with van der Waals surface area (Å²) >= 11 is 12.1.